The van der Waals surface area contributed by atoms with Gasteiger partial charge in [0.2, 0.25) is 11.8 Å². The average Bonchev–Trinajstić information content (AvgIpc) is 2.71. The van der Waals surface area contributed by atoms with Crippen LogP contribution in [0.3, 0.4) is 0 Å². The molecule has 0 saturated carbocycles. The Morgan fingerprint density at radius 3 is 2.42 bits per heavy atom. The van der Waals surface area contributed by atoms with Crippen LogP contribution in [-0.4, -0.2) is 58.9 Å². The van der Waals surface area contributed by atoms with Crippen LogP contribution in [0.2, 0.25) is 0 Å². The van der Waals surface area contributed by atoms with Crippen molar-refractivity contribution in [1.29, 1.82) is 0 Å². The number of hydrogen-bond acceptors (Lipinski definition) is 3. The Morgan fingerprint density at radius 2 is 1.84 bits per heavy atom. The van der Waals surface area contributed by atoms with Gasteiger partial charge in [0.25, 0.3) is 0 Å². The molecule has 2 heterocycles. The van der Waals surface area contributed by atoms with Crippen molar-refractivity contribution in [1.82, 2.24) is 15.1 Å². The Hall–Kier alpha value is -1.10. The van der Waals surface area contributed by atoms with Crippen molar-refractivity contribution in [2.45, 2.75) is 64.7 Å². The summed E-state index contributed by atoms with van der Waals surface area (Å²) in [5, 5.41) is 2.80. The first-order valence-electron chi connectivity index (χ1n) is 7.29. The number of piperazine rings is 1. The molecule has 2 amide bonds. The molecule has 4 atom stereocenters. The molecule has 5 nitrogen and oxygen atoms in total. The van der Waals surface area contributed by atoms with Gasteiger partial charge in [-0.3, -0.25) is 14.5 Å². The summed E-state index contributed by atoms with van der Waals surface area (Å²) in [5.41, 5.74) is 0. The van der Waals surface area contributed by atoms with E-state index in [1.165, 1.54) is 0 Å². The normalized spacial score (nSPS) is 34.2. The van der Waals surface area contributed by atoms with E-state index in [0.717, 1.165) is 12.8 Å². The van der Waals surface area contributed by atoms with E-state index < -0.39 is 0 Å². The molecular formula is C14H25N3O2. The van der Waals surface area contributed by atoms with Crippen molar-refractivity contribution in [2.24, 2.45) is 0 Å². The van der Waals surface area contributed by atoms with E-state index in [4.69, 9.17) is 0 Å². The van der Waals surface area contributed by atoms with E-state index in [0.29, 0.717) is 25.2 Å². The third-order valence-corrected chi connectivity index (χ3v) is 4.61. The number of nitrogens with one attached hydrogen (secondary N) is 1. The monoisotopic (exact) mass is 267 g/mol. The summed E-state index contributed by atoms with van der Waals surface area (Å²) in [6.07, 6.45) is 2.30. The minimum absolute atomic E-state index is 0.0469. The van der Waals surface area contributed by atoms with Crippen molar-refractivity contribution in [3.05, 3.63) is 0 Å². The summed E-state index contributed by atoms with van der Waals surface area (Å²) in [4.78, 5) is 28.3. The number of nitrogens with zero attached hydrogens (tertiary/aromatic N) is 2. The van der Waals surface area contributed by atoms with Gasteiger partial charge in [0.05, 0.1) is 6.04 Å². The van der Waals surface area contributed by atoms with Crippen LogP contribution < -0.4 is 5.32 Å². The highest BCUT2D eigenvalue weighted by molar-refractivity contribution is 5.90. The van der Waals surface area contributed by atoms with Gasteiger partial charge < -0.3 is 10.2 Å². The average molecular weight is 267 g/mol. The first-order chi connectivity index (χ1) is 8.93. The largest absolute Gasteiger partial charge is 0.353 e. The third kappa shape index (κ3) is 2.61. The molecule has 0 bridgehead atoms. The van der Waals surface area contributed by atoms with E-state index in [1.807, 2.05) is 6.92 Å². The fourth-order valence-corrected chi connectivity index (χ4v) is 3.43. The Bertz CT molecular complexity index is 362. The van der Waals surface area contributed by atoms with Crippen molar-refractivity contribution < 1.29 is 9.59 Å². The molecule has 2 saturated heterocycles. The number of amides is 2. The zero-order valence-electron chi connectivity index (χ0n) is 12.3. The second-order valence-electron chi connectivity index (χ2n) is 5.90. The van der Waals surface area contributed by atoms with Gasteiger partial charge in [-0.05, 0) is 40.5 Å². The number of rotatable bonds is 2. The lowest BCUT2D eigenvalue weighted by Gasteiger charge is -2.39. The lowest BCUT2D eigenvalue weighted by molar-refractivity contribution is -0.146. The molecule has 0 aliphatic carbocycles. The van der Waals surface area contributed by atoms with E-state index >= 15 is 0 Å². The molecule has 0 aromatic carbocycles. The molecule has 0 aromatic heterocycles. The predicted molar refractivity (Wildman–Crippen MR) is 73.6 cm³/mol. The Labute approximate surface area is 115 Å². The maximum Gasteiger partial charge on any atom is 0.242 e. The maximum atomic E-state index is 12.6. The van der Waals surface area contributed by atoms with E-state index in [9.17, 15) is 9.59 Å². The van der Waals surface area contributed by atoms with Crippen molar-refractivity contribution in [3.8, 4) is 0 Å². The molecule has 2 rings (SSSR count). The molecule has 0 radical (unpaired) electrons. The number of carbonyl (C=O) groups excluding carboxylic acids is 2. The van der Waals surface area contributed by atoms with Gasteiger partial charge in [-0.15, -0.1) is 0 Å². The Kier molecular flexibility index (Phi) is 4.13. The minimum atomic E-state index is -0.350. The number of carbonyl (C=O) groups is 2. The van der Waals surface area contributed by atoms with Crippen LogP contribution in [0.1, 0.15) is 40.5 Å². The molecule has 2 aliphatic rings. The molecule has 2 fully saturated rings. The van der Waals surface area contributed by atoms with Gasteiger partial charge in [-0.1, -0.05) is 0 Å². The van der Waals surface area contributed by atoms with Crippen molar-refractivity contribution in [2.75, 3.05) is 13.1 Å². The second kappa shape index (κ2) is 5.49. The Balaban J connectivity index is 2.08. The molecule has 1 N–H and O–H groups in total. The van der Waals surface area contributed by atoms with Crippen molar-refractivity contribution >= 4 is 11.8 Å². The molecule has 5 heteroatoms. The summed E-state index contributed by atoms with van der Waals surface area (Å²) in [6.45, 7) is 9.31. The van der Waals surface area contributed by atoms with E-state index in [2.05, 4.69) is 24.1 Å². The molecule has 19 heavy (non-hydrogen) atoms. The highest BCUT2D eigenvalue weighted by atomic mass is 16.2. The van der Waals surface area contributed by atoms with Crippen LogP contribution in [-0.2, 0) is 9.59 Å². The number of likely N-dealkylation sites (tertiary alicyclic amines) is 1. The van der Waals surface area contributed by atoms with Gasteiger partial charge in [0.1, 0.15) is 6.04 Å². The summed E-state index contributed by atoms with van der Waals surface area (Å²) >= 11 is 0. The van der Waals surface area contributed by atoms with Crippen molar-refractivity contribution in [3.63, 3.8) is 0 Å². The highest BCUT2D eigenvalue weighted by Crippen LogP contribution is 2.27. The molecule has 0 aromatic rings. The van der Waals surface area contributed by atoms with E-state index in [1.54, 1.807) is 11.8 Å². The van der Waals surface area contributed by atoms with Crippen LogP contribution in [0.4, 0.5) is 0 Å². The second-order valence-corrected chi connectivity index (χ2v) is 5.90. The van der Waals surface area contributed by atoms with Gasteiger partial charge in [-0.25, -0.2) is 0 Å². The summed E-state index contributed by atoms with van der Waals surface area (Å²) in [5.74, 6) is 0.0391. The Morgan fingerprint density at radius 1 is 1.26 bits per heavy atom. The van der Waals surface area contributed by atoms with Crippen LogP contribution >= 0.6 is 0 Å². The quantitative estimate of drug-likeness (QED) is 0.797. The summed E-state index contributed by atoms with van der Waals surface area (Å²) in [7, 11) is 0. The molecule has 2 aliphatic heterocycles. The standard InChI is InChI=1S/C14H25N3O2/c1-9-5-6-10(2)17(9)12(4)14(19)16-8-7-15-13(18)11(16)3/h9-12H,5-8H2,1-4H3,(H,15,18). The highest BCUT2D eigenvalue weighted by Gasteiger charge is 2.38. The maximum absolute atomic E-state index is 12.6. The molecule has 108 valence electrons. The van der Waals surface area contributed by atoms with Gasteiger partial charge in [0, 0.05) is 25.2 Å². The summed E-state index contributed by atoms with van der Waals surface area (Å²) in [6, 6.07) is 0.406. The number of hydrogen-bond donors (Lipinski definition) is 1. The van der Waals surface area contributed by atoms with Gasteiger partial charge in [0.15, 0.2) is 0 Å². The zero-order chi connectivity index (χ0) is 14.2. The minimum Gasteiger partial charge on any atom is -0.353 e. The fourth-order valence-electron chi connectivity index (χ4n) is 3.43. The summed E-state index contributed by atoms with van der Waals surface area (Å²) < 4.78 is 0. The molecular weight excluding hydrogens is 242 g/mol. The first-order valence-corrected chi connectivity index (χ1v) is 7.29. The van der Waals surface area contributed by atoms with Crippen LogP contribution in [0.15, 0.2) is 0 Å². The SMILES string of the molecule is CC1C(=O)NCCN1C(=O)C(C)N1C(C)CCC1C. The van der Waals surface area contributed by atoms with Gasteiger partial charge >= 0.3 is 0 Å². The molecule has 4 unspecified atom stereocenters. The van der Waals surface area contributed by atoms with Crippen LogP contribution in [0.5, 0.6) is 0 Å². The lowest BCUT2D eigenvalue weighted by atomic mass is 10.1. The van der Waals surface area contributed by atoms with Crippen LogP contribution in [0.25, 0.3) is 0 Å². The zero-order valence-corrected chi connectivity index (χ0v) is 12.3. The van der Waals surface area contributed by atoms with Crippen LogP contribution in [0, 0.1) is 0 Å². The fraction of sp³-hybridized carbons (Fsp3) is 0.857. The van der Waals surface area contributed by atoms with Gasteiger partial charge in [-0.2, -0.15) is 0 Å². The van der Waals surface area contributed by atoms with E-state index in [-0.39, 0.29) is 23.9 Å². The smallest absolute Gasteiger partial charge is 0.242 e. The molecule has 0 spiro atoms. The topological polar surface area (TPSA) is 52.7 Å². The first kappa shape index (κ1) is 14.3. The lowest BCUT2D eigenvalue weighted by Crippen LogP contribution is -2.60. The predicted octanol–water partition coefficient (Wildman–Crippen LogP) is 0.595. The third-order valence-electron chi connectivity index (χ3n) is 4.61.